The Morgan fingerprint density at radius 1 is 1.06 bits per heavy atom. The predicted molar refractivity (Wildman–Crippen MR) is 117 cm³/mol. The summed E-state index contributed by atoms with van der Waals surface area (Å²) in [6.07, 6.45) is -1.68. The number of carbonyl (C=O) groups excluding carboxylic acids is 4. The fourth-order valence-corrected chi connectivity index (χ4v) is 4.84. The molecular weight excluding hydrogens is 440 g/mol. The lowest BCUT2D eigenvalue weighted by Gasteiger charge is -2.32. The number of aliphatic hydroxyl groups excluding tert-OH is 2. The van der Waals surface area contributed by atoms with Crippen molar-refractivity contribution in [2.45, 2.75) is 83.0 Å². The molecule has 6 atom stereocenters. The Morgan fingerprint density at radius 2 is 1.72 bits per heavy atom. The van der Waals surface area contributed by atoms with Crippen molar-refractivity contribution in [3.05, 3.63) is 0 Å². The van der Waals surface area contributed by atoms with Gasteiger partial charge in [0.05, 0.1) is 24.2 Å². The number of ether oxygens (including phenoxy) is 1. The van der Waals surface area contributed by atoms with Crippen LogP contribution in [0.25, 0.3) is 0 Å². The third kappa shape index (κ3) is 6.12. The van der Waals surface area contributed by atoms with Gasteiger partial charge < -0.3 is 35.8 Å². The number of hydrogen-bond acceptors (Lipinski definition) is 9. The van der Waals surface area contributed by atoms with Crippen LogP contribution in [0.1, 0.15) is 40.5 Å². The van der Waals surface area contributed by atoms with Gasteiger partial charge in [0.25, 0.3) is 0 Å². The number of esters is 1. The van der Waals surface area contributed by atoms with Crippen molar-refractivity contribution in [3.63, 3.8) is 0 Å². The maximum atomic E-state index is 13.3. The van der Waals surface area contributed by atoms with Gasteiger partial charge >= 0.3 is 5.97 Å². The van der Waals surface area contributed by atoms with Gasteiger partial charge in [-0.3, -0.25) is 14.4 Å². The van der Waals surface area contributed by atoms with Crippen molar-refractivity contribution in [1.82, 2.24) is 15.1 Å². The highest BCUT2D eigenvalue weighted by molar-refractivity contribution is 7.99. The smallest absolute Gasteiger partial charge is 0.331 e. The molecule has 2 heterocycles. The molecule has 2 aliphatic rings. The molecule has 0 aromatic rings. The van der Waals surface area contributed by atoms with Gasteiger partial charge in [-0.15, -0.1) is 11.8 Å². The molecule has 0 aromatic heterocycles. The summed E-state index contributed by atoms with van der Waals surface area (Å²) in [5, 5.41) is 22.1. The first-order chi connectivity index (χ1) is 15.0. The van der Waals surface area contributed by atoms with Crippen LogP contribution in [0.2, 0.25) is 0 Å². The van der Waals surface area contributed by atoms with E-state index in [1.807, 2.05) is 0 Å². The number of amides is 3. The zero-order valence-electron chi connectivity index (χ0n) is 18.9. The average molecular weight is 475 g/mol. The van der Waals surface area contributed by atoms with Crippen LogP contribution in [0.5, 0.6) is 0 Å². The minimum absolute atomic E-state index is 0.269. The van der Waals surface area contributed by atoms with E-state index in [0.717, 1.165) is 0 Å². The van der Waals surface area contributed by atoms with E-state index in [1.165, 1.54) is 35.4 Å². The fourth-order valence-electron chi connectivity index (χ4n) is 3.69. The highest BCUT2D eigenvalue weighted by atomic mass is 32.2. The Morgan fingerprint density at radius 3 is 2.28 bits per heavy atom. The predicted octanol–water partition coefficient (Wildman–Crippen LogP) is -1.60. The second-order valence-electron chi connectivity index (χ2n) is 8.49. The Balaban J connectivity index is 2.11. The van der Waals surface area contributed by atoms with Crippen LogP contribution in [0.15, 0.2) is 0 Å². The zero-order chi connectivity index (χ0) is 24.2. The molecule has 0 aliphatic carbocycles. The Hall–Kier alpha value is -1.89. The van der Waals surface area contributed by atoms with Gasteiger partial charge in [0.1, 0.15) is 18.1 Å². The third-order valence-corrected chi connectivity index (χ3v) is 6.49. The minimum Gasteiger partial charge on any atom is -0.461 e. The number of thioether (sulfide) groups is 1. The monoisotopic (exact) mass is 474 g/mol. The van der Waals surface area contributed by atoms with Crippen molar-refractivity contribution >= 4 is 35.5 Å². The van der Waals surface area contributed by atoms with Crippen LogP contribution in [0, 0.1) is 0 Å². The SMILES string of the molecule is CC(C)OC(=O)[C@@H](NC(=O)[C@@H]1CCCN1C(=O)[C@@H]1CSCN1C(=O)[C@@H](N)[C@@H](C)O)[C@@H](C)O. The lowest BCUT2D eigenvalue weighted by atomic mass is 10.1. The lowest BCUT2D eigenvalue weighted by molar-refractivity contribution is -0.155. The van der Waals surface area contributed by atoms with E-state index in [-0.39, 0.29) is 11.8 Å². The quantitative estimate of drug-likeness (QED) is 0.304. The van der Waals surface area contributed by atoms with Gasteiger partial charge in [0.15, 0.2) is 6.04 Å². The summed E-state index contributed by atoms with van der Waals surface area (Å²) in [4.78, 5) is 53.8. The van der Waals surface area contributed by atoms with Crippen LogP contribution in [0.3, 0.4) is 0 Å². The lowest BCUT2D eigenvalue weighted by Crippen LogP contribution is -2.58. The second-order valence-corrected chi connectivity index (χ2v) is 9.49. The number of carbonyl (C=O) groups is 4. The summed E-state index contributed by atoms with van der Waals surface area (Å²) in [6, 6.07) is -4.01. The number of nitrogens with two attached hydrogens (primary N) is 1. The van der Waals surface area contributed by atoms with Gasteiger partial charge in [-0.25, -0.2) is 4.79 Å². The van der Waals surface area contributed by atoms with E-state index < -0.39 is 60.3 Å². The van der Waals surface area contributed by atoms with Crippen LogP contribution in [-0.2, 0) is 23.9 Å². The van der Waals surface area contributed by atoms with Crippen molar-refractivity contribution in [2.75, 3.05) is 18.2 Å². The van der Waals surface area contributed by atoms with E-state index in [0.29, 0.717) is 25.1 Å². The maximum Gasteiger partial charge on any atom is 0.331 e. The molecule has 0 unspecified atom stereocenters. The fraction of sp³-hybridized carbons (Fsp3) is 0.800. The molecular formula is C20H34N4O7S. The highest BCUT2D eigenvalue weighted by Crippen LogP contribution is 2.27. The average Bonchev–Trinajstić information content (AvgIpc) is 3.38. The molecule has 182 valence electrons. The Labute approximate surface area is 192 Å². The molecule has 0 radical (unpaired) electrons. The Kier molecular flexibility index (Phi) is 9.31. The molecule has 2 fully saturated rings. The highest BCUT2D eigenvalue weighted by Gasteiger charge is 2.44. The van der Waals surface area contributed by atoms with Crippen LogP contribution < -0.4 is 11.1 Å². The van der Waals surface area contributed by atoms with Crippen molar-refractivity contribution < 1.29 is 34.1 Å². The van der Waals surface area contributed by atoms with Gasteiger partial charge in [-0.05, 0) is 40.5 Å². The number of aliphatic hydroxyl groups is 2. The number of nitrogens with one attached hydrogen (secondary N) is 1. The summed E-state index contributed by atoms with van der Waals surface area (Å²) in [5.41, 5.74) is 5.77. The topological polar surface area (TPSA) is 162 Å². The maximum absolute atomic E-state index is 13.3. The minimum atomic E-state index is -1.26. The van der Waals surface area contributed by atoms with E-state index in [2.05, 4.69) is 5.32 Å². The summed E-state index contributed by atoms with van der Waals surface area (Å²) < 4.78 is 5.10. The number of rotatable bonds is 8. The summed E-state index contributed by atoms with van der Waals surface area (Å²) in [7, 11) is 0. The molecule has 11 nitrogen and oxygen atoms in total. The molecule has 5 N–H and O–H groups in total. The molecule has 0 bridgehead atoms. The zero-order valence-corrected chi connectivity index (χ0v) is 19.7. The van der Waals surface area contributed by atoms with Crippen molar-refractivity contribution in [1.29, 1.82) is 0 Å². The molecule has 0 spiro atoms. The van der Waals surface area contributed by atoms with E-state index in [4.69, 9.17) is 10.5 Å². The number of nitrogens with zero attached hydrogens (tertiary/aromatic N) is 2. The number of hydrogen-bond donors (Lipinski definition) is 4. The first kappa shape index (κ1) is 26.4. The van der Waals surface area contributed by atoms with Crippen LogP contribution in [-0.4, -0.2) is 104 Å². The summed E-state index contributed by atoms with van der Waals surface area (Å²) in [5.74, 6) is -1.59. The summed E-state index contributed by atoms with van der Waals surface area (Å²) >= 11 is 1.39. The molecule has 12 heteroatoms. The largest absolute Gasteiger partial charge is 0.461 e. The standard InChI is InChI=1S/C20H34N4O7S/c1-10(2)31-20(30)16(12(4)26)22-17(27)13-6-5-7-23(13)18(28)14-8-32-9-24(14)19(29)15(21)11(3)25/h10-16,25-26H,5-9,21H2,1-4H3,(H,22,27)/t11-,12-,13+,14+,15+,16+/m1/s1. The molecule has 2 aliphatic heterocycles. The molecule has 32 heavy (non-hydrogen) atoms. The van der Waals surface area contributed by atoms with E-state index in [9.17, 15) is 29.4 Å². The molecule has 0 saturated carbocycles. The molecule has 2 rings (SSSR count). The first-order valence-corrected chi connectivity index (χ1v) is 11.9. The molecule has 0 aromatic carbocycles. The summed E-state index contributed by atoms with van der Waals surface area (Å²) in [6.45, 7) is 6.43. The van der Waals surface area contributed by atoms with Crippen molar-refractivity contribution in [2.24, 2.45) is 5.73 Å². The Bertz CT molecular complexity index is 718. The van der Waals surface area contributed by atoms with Crippen molar-refractivity contribution in [3.8, 4) is 0 Å². The first-order valence-electron chi connectivity index (χ1n) is 10.8. The third-order valence-electron chi connectivity index (χ3n) is 5.48. The van der Waals surface area contributed by atoms with Gasteiger partial charge in [-0.1, -0.05) is 0 Å². The molecule has 2 saturated heterocycles. The normalized spacial score (nSPS) is 24.8. The van der Waals surface area contributed by atoms with Gasteiger partial charge in [-0.2, -0.15) is 0 Å². The van der Waals surface area contributed by atoms with E-state index in [1.54, 1.807) is 13.8 Å². The van der Waals surface area contributed by atoms with Crippen LogP contribution in [0.4, 0.5) is 0 Å². The number of likely N-dealkylation sites (tertiary alicyclic amines) is 1. The second kappa shape index (κ2) is 11.3. The van der Waals surface area contributed by atoms with E-state index >= 15 is 0 Å². The molecule has 3 amide bonds. The van der Waals surface area contributed by atoms with Gasteiger partial charge in [0.2, 0.25) is 17.7 Å². The van der Waals surface area contributed by atoms with Crippen LogP contribution >= 0.6 is 11.8 Å². The van der Waals surface area contributed by atoms with Gasteiger partial charge in [0, 0.05) is 12.3 Å².